The molecule has 0 saturated carbocycles. The van der Waals surface area contributed by atoms with Gasteiger partial charge in [-0.3, -0.25) is 4.79 Å². The topological polar surface area (TPSA) is 83.9 Å². The fourth-order valence-electron chi connectivity index (χ4n) is 2.46. The Bertz CT molecular complexity index is 655. The van der Waals surface area contributed by atoms with Crippen molar-refractivity contribution in [2.45, 2.75) is 6.42 Å². The number of aryl methyl sites for hydroxylation is 1. The monoisotopic (exact) mass is 347 g/mol. The average molecular weight is 348 g/mol. The number of ether oxygens (including phenoxy) is 1. The molecule has 1 fully saturated rings. The number of sulfonamides is 1. The van der Waals surface area contributed by atoms with Gasteiger partial charge < -0.3 is 9.84 Å². The van der Waals surface area contributed by atoms with Crippen molar-refractivity contribution in [2.24, 2.45) is 5.41 Å². The molecule has 1 heterocycles. The van der Waals surface area contributed by atoms with Gasteiger partial charge in [0.2, 0.25) is 10.0 Å². The second-order valence-corrected chi connectivity index (χ2v) is 8.01. The van der Waals surface area contributed by atoms with Crippen LogP contribution in [0.15, 0.2) is 24.3 Å². The third-order valence-electron chi connectivity index (χ3n) is 3.76. The number of methoxy groups -OCH3 is 1. The number of aliphatic carboxylic acids is 1. The Morgan fingerprint density at radius 3 is 2.68 bits per heavy atom. The van der Waals surface area contributed by atoms with Crippen LogP contribution in [0.25, 0.3) is 0 Å². The van der Waals surface area contributed by atoms with Crippen LogP contribution in [0.4, 0.5) is 0 Å². The molecule has 1 saturated heterocycles. The largest absolute Gasteiger partial charge is 0.481 e. The van der Waals surface area contributed by atoms with Crippen molar-refractivity contribution in [1.82, 2.24) is 4.31 Å². The summed E-state index contributed by atoms with van der Waals surface area (Å²) < 4.78 is 30.6. The Morgan fingerprint density at radius 1 is 1.45 bits per heavy atom. The Kier molecular flexibility index (Phi) is 5.11. The molecule has 1 aliphatic heterocycles. The molecule has 0 unspecified atom stereocenters. The minimum Gasteiger partial charge on any atom is -0.481 e. The van der Waals surface area contributed by atoms with Gasteiger partial charge in [0.1, 0.15) is 5.41 Å². The van der Waals surface area contributed by atoms with E-state index in [2.05, 4.69) is 0 Å². The van der Waals surface area contributed by atoms with Crippen molar-refractivity contribution in [1.29, 1.82) is 0 Å². The summed E-state index contributed by atoms with van der Waals surface area (Å²) in [7, 11) is -2.08. The molecular formula is C14H18ClNO5S. The van der Waals surface area contributed by atoms with Crippen LogP contribution in [0.5, 0.6) is 0 Å². The average Bonchev–Trinajstić information content (AvgIpc) is 2.40. The van der Waals surface area contributed by atoms with Gasteiger partial charge in [0.15, 0.2) is 0 Å². The standard InChI is InChI=1S/C14H18ClNO5S/c1-21-10-14(13(17)18)8-16(9-14)22(19,20)6-5-11-3-2-4-12(15)7-11/h2-4,7H,5-6,8-10H2,1H3,(H,17,18). The van der Waals surface area contributed by atoms with E-state index in [1.54, 1.807) is 18.2 Å². The summed E-state index contributed by atoms with van der Waals surface area (Å²) in [6.45, 7) is -0.0925. The molecule has 0 amide bonds. The van der Waals surface area contributed by atoms with Gasteiger partial charge in [-0.05, 0) is 24.1 Å². The molecule has 1 N–H and O–H groups in total. The van der Waals surface area contributed by atoms with Crippen LogP contribution in [0, 0.1) is 5.41 Å². The lowest BCUT2D eigenvalue weighted by molar-refractivity contribution is -0.161. The van der Waals surface area contributed by atoms with Crippen LogP contribution < -0.4 is 0 Å². The zero-order valence-electron chi connectivity index (χ0n) is 12.2. The molecule has 6 nitrogen and oxygen atoms in total. The number of rotatable bonds is 7. The van der Waals surface area contributed by atoms with Gasteiger partial charge in [-0.25, -0.2) is 8.42 Å². The molecule has 1 aliphatic rings. The molecule has 0 atom stereocenters. The third-order valence-corrected chi connectivity index (χ3v) is 5.76. The van der Waals surface area contributed by atoms with E-state index in [4.69, 9.17) is 16.3 Å². The molecule has 0 bridgehead atoms. The predicted molar refractivity (Wildman–Crippen MR) is 82.5 cm³/mol. The Balaban J connectivity index is 1.97. The first-order valence-corrected chi connectivity index (χ1v) is 8.72. The van der Waals surface area contributed by atoms with E-state index in [1.807, 2.05) is 6.07 Å². The molecule has 22 heavy (non-hydrogen) atoms. The van der Waals surface area contributed by atoms with E-state index in [9.17, 15) is 18.3 Å². The number of hydrogen-bond acceptors (Lipinski definition) is 4. The van der Waals surface area contributed by atoms with Gasteiger partial charge in [-0.1, -0.05) is 23.7 Å². The molecule has 1 aromatic rings. The van der Waals surface area contributed by atoms with Gasteiger partial charge in [0.25, 0.3) is 0 Å². The molecular weight excluding hydrogens is 330 g/mol. The maximum atomic E-state index is 12.2. The highest BCUT2D eigenvalue weighted by Crippen LogP contribution is 2.33. The van der Waals surface area contributed by atoms with E-state index in [1.165, 1.54) is 11.4 Å². The van der Waals surface area contributed by atoms with Gasteiger partial charge in [0.05, 0.1) is 12.4 Å². The summed E-state index contributed by atoms with van der Waals surface area (Å²) in [5, 5.41) is 9.78. The molecule has 0 aromatic heterocycles. The zero-order chi connectivity index (χ0) is 16.4. The van der Waals surface area contributed by atoms with Gasteiger partial charge in [-0.2, -0.15) is 4.31 Å². The van der Waals surface area contributed by atoms with E-state index in [0.29, 0.717) is 11.4 Å². The minimum atomic E-state index is -3.49. The van der Waals surface area contributed by atoms with E-state index in [-0.39, 0.29) is 25.4 Å². The van der Waals surface area contributed by atoms with E-state index < -0.39 is 21.4 Å². The number of hydrogen-bond donors (Lipinski definition) is 1. The molecule has 122 valence electrons. The van der Waals surface area contributed by atoms with Crippen LogP contribution in [-0.2, 0) is 26.0 Å². The minimum absolute atomic E-state index is 0.00263. The van der Waals surface area contributed by atoms with Crippen LogP contribution >= 0.6 is 11.6 Å². The molecule has 0 radical (unpaired) electrons. The first kappa shape index (κ1) is 17.2. The van der Waals surface area contributed by atoms with Crippen LogP contribution in [0.1, 0.15) is 5.56 Å². The number of nitrogens with zero attached hydrogens (tertiary/aromatic N) is 1. The van der Waals surface area contributed by atoms with Crippen molar-refractivity contribution in [3.8, 4) is 0 Å². The summed E-state index contributed by atoms with van der Waals surface area (Å²) in [6, 6.07) is 7.02. The van der Waals surface area contributed by atoms with Crippen molar-refractivity contribution >= 4 is 27.6 Å². The van der Waals surface area contributed by atoms with E-state index in [0.717, 1.165) is 5.56 Å². The summed E-state index contributed by atoms with van der Waals surface area (Å²) in [5.41, 5.74) is -0.296. The number of carboxylic acid groups (broad SMARTS) is 1. The lowest BCUT2D eigenvalue weighted by Crippen LogP contribution is -2.64. The number of benzene rings is 1. The summed E-state index contributed by atoms with van der Waals surface area (Å²) >= 11 is 5.86. The van der Waals surface area contributed by atoms with Crippen molar-refractivity contribution in [3.05, 3.63) is 34.9 Å². The van der Waals surface area contributed by atoms with Gasteiger partial charge in [-0.15, -0.1) is 0 Å². The highest BCUT2D eigenvalue weighted by atomic mass is 35.5. The number of halogens is 1. The number of carboxylic acids is 1. The maximum absolute atomic E-state index is 12.2. The van der Waals surface area contributed by atoms with E-state index >= 15 is 0 Å². The molecule has 2 rings (SSSR count). The van der Waals surface area contributed by atoms with Crippen LogP contribution in [0.2, 0.25) is 5.02 Å². The normalized spacial score (nSPS) is 17.9. The lowest BCUT2D eigenvalue weighted by atomic mass is 9.83. The highest BCUT2D eigenvalue weighted by Gasteiger charge is 2.53. The summed E-state index contributed by atoms with van der Waals surface area (Å²) in [6.07, 6.45) is 0.337. The molecule has 0 aliphatic carbocycles. The van der Waals surface area contributed by atoms with Gasteiger partial charge in [0, 0.05) is 25.2 Å². The highest BCUT2D eigenvalue weighted by molar-refractivity contribution is 7.89. The first-order valence-electron chi connectivity index (χ1n) is 6.74. The predicted octanol–water partition coefficient (Wildman–Crippen LogP) is 1.25. The number of carbonyl (C=O) groups is 1. The maximum Gasteiger partial charge on any atom is 0.314 e. The van der Waals surface area contributed by atoms with Crippen LogP contribution in [-0.4, -0.2) is 56.4 Å². The quantitative estimate of drug-likeness (QED) is 0.802. The molecule has 0 spiro atoms. The second-order valence-electron chi connectivity index (χ2n) is 5.48. The first-order chi connectivity index (χ1) is 10.3. The Hall–Kier alpha value is -1.15. The fraction of sp³-hybridized carbons (Fsp3) is 0.500. The van der Waals surface area contributed by atoms with Crippen molar-refractivity contribution < 1.29 is 23.1 Å². The SMILES string of the molecule is COCC1(C(=O)O)CN(S(=O)(=O)CCc2cccc(Cl)c2)C1. The van der Waals surface area contributed by atoms with Crippen molar-refractivity contribution in [2.75, 3.05) is 32.6 Å². The molecule has 8 heteroatoms. The fourth-order valence-corrected chi connectivity index (χ4v) is 4.31. The smallest absolute Gasteiger partial charge is 0.314 e. The Morgan fingerprint density at radius 2 is 2.14 bits per heavy atom. The van der Waals surface area contributed by atoms with Gasteiger partial charge >= 0.3 is 5.97 Å². The Labute approximate surface area is 134 Å². The summed E-state index contributed by atoms with van der Waals surface area (Å²) in [5.74, 6) is -1.11. The van der Waals surface area contributed by atoms with Crippen LogP contribution in [0.3, 0.4) is 0 Å². The third kappa shape index (κ3) is 3.60. The summed E-state index contributed by atoms with van der Waals surface area (Å²) in [4.78, 5) is 11.3. The molecule has 1 aromatic carbocycles. The zero-order valence-corrected chi connectivity index (χ0v) is 13.7. The second kappa shape index (κ2) is 6.54. The van der Waals surface area contributed by atoms with Crippen molar-refractivity contribution in [3.63, 3.8) is 0 Å². The lowest BCUT2D eigenvalue weighted by Gasteiger charge is -2.45.